The van der Waals surface area contributed by atoms with Crippen molar-refractivity contribution >= 4 is 29.2 Å². The van der Waals surface area contributed by atoms with Crippen molar-refractivity contribution in [1.29, 1.82) is 0 Å². The molecule has 0 aromatic heterocycles. The molecule has 0 aliphatic rings. The molecule has 18 heavy (non-hydrogen) atoms. The Balaban J connectivity index is 2.58. The second-order valence-electron chi connectivity index (χ2n) is 7.54. The van der Waals surface area contributed by atoms with Gasteiger partial charge in [-0.2, -0.15) is 0 Å². The summed E-state index contributed by atoms with van der Waals surface area (Å²) < 4.78 is 0. The van der Waals surface area contributed by atoms with Gasteiger partial charge in [0.25, 0.3) is 0 Å². The second-order valence-corrected chi connectivity index (χ2v) is 27.0. The number of benzene rings is 1. The fourth-order valence-corrected chi connectivity index (χ4v) is 12.5. The molecule has 0 N–H and O–H groups in total. The van der Waals surface area contributed by atoms with Gasteiger partial charge in [0.05, 0.1) is 8.31 Å². The van der Waals surface area contributed by atoms with Gasteiger partial charge in [0.2, 0.25) is 0 Å². The van der Waals surface area contributed by atoms with Gasteiger partial charge >= 0.3 is 0 Å². The Labute approximate surface area is 117 Å². The van der Waals surface area contributed by atoms with Gasteiger partial charge in [-0.15, -0.1) is 0 Å². The zero-order chi connectivity index (χ0) is 13.8. The maximum atomic E-state index is 2.63. The van der Waals surface area contributed by atoms with Crippen LogP contribution >= 0.6 is 0 Å². The van der Waals surface area contributed by atoms with Crippen LogP contribution in [0.5, 0.6) is 0 Å². The first-order valence-electron chi connectivity index (χ1n) is 7.27. The average Bonchev–Trinajstić information content (AvgIpc) is 2.27. The van der Waals surface area contributed by atoms with E-state index in [2.05, 4.69) is 69.6 Å². The number of hydrogen-bond donors (Lipinski definition) is 0. The summed E-state index contributed by atoms with van der Waals surface area (Å²) in [6, 6.07) is 14.4. The smallest absolute Gasteiger partial charge is 0.0617 e. The fourth-order valence-electron chi connectivity index (χ4n) is 2.48. The Hall–Kier alpha value is -0.129. The maximum Gasteiger partial charge on any atom is 0.0617 e. The first kappa shape index (κ1) is 15.9. The molecule has 0 aliphatic heterocycles. The predicted octanol–water partition coefficient (Wildman–Crippen LogP) is 4.27. The minimum Gasteiger partial charge on any atom is -0.0712 e. The monoisotopic (exact) mass is 294 g/mol. The van der Waals surface area contributed by atoms with E-state index >= 15 is 0 Å². The van der Waals surface area contributed by atoms with Crippen molar-refractivity contribution in [2.75, 3.05) is 0 Å². The summed E-state index contributed by atoms with van der Waals surface area (Å²) >= 11 is 0. The van der Waals surface area contributed by atoms with Crippen LogP contribution in [0.25, 0.3) is 0 Å². The van der Waals surface area contributed by atoms with Gasteiger partial charge in [-0.05, 0) is 0 Å². The molecule has 0 heterocycles. The van der Waals surface area contributed by atoms with E-state index in [1.807, 2.05) is 0 Å². The van der Waals surface area contributed by atoms with Crippen LogP contribution in [-0.2, 0) is 0 Å². The largest absolute Gasteiger partial charge is 0.0712 e. The van der Waals surface area contributed by atoms with Crippen LogP contribution in [0.2, 0.25) is 51.4 Å². The molecule has 102 valence electrons. The molecule has 0 saturated carbocycles. The van der Waals surface area contributed by atoms with Crippen LogP contribution < -0.4 is 5.19 Å². The van der Waals surface area contributed by atoms with E-state index in [1.54, 1.807) is 11.2 Å². The topological polar surface area (TPSA) is 0 Å². The van der Waals surface area contributed by atoms with Crippen molar-refractivity contribution in [3.8, 4) is 0 Å². The Morgan fingerprint density at radius 2 is 1.44 bits per heavy atom. The number of hydrogen-bond acceptors (Lipinski definition) is 0. The van der Waals surface area contributed by atoms with Crippen LogP contribution in [0.4, 0.5) is 0 Å². The molecular weight excluding hydrogens is 264 g/mol. The van der Waals surface area contributed by atoms with Crippen molar-refractivity contribution in [3.63, 3.8) is 0 Å². The molecule has 0 nitrogen and oxygen atoms in total. The third-order valence-electron chi connectivity index (χ3n) is 4.22. The molecule has 0 bridgehead atoms. The van der Waals surface area contributed by atoms with Gasteiger partial charge in [0, 0.05) is 15.7 Å². The predicted molar refractivity (Wildman–Crippen MR) is 94.1 cm³/mol. The van der Waals surface area contributed by atoms with Gasteiger partial charge in [-0.25, -0.2) is 0 Å². The van der Waals surface area contributed by atoms with Crippen molar-refractivity contribution in [1.82, 2.24) is 0 Å². The molecule has 1 rings (SSSR count). The van der Waals surface area contributed by atoms with Gasteiger partial charge in [0.1, 0.15) is 0 Å². The molecule has 0 radical (unpaired) electrons. The molecule has 0 fully saturated rings. The fraction of sp³-hybridized carbons (Fsp3) is 0.600. The van der Waals surface area contributed by atoms with E-state index in [0.717, 1.165) is 0 Å². The van der Waals surface area contributed by atoms with Crippen molar-refractivity contribution in [3.05, 3.63) is 30.3 Å². The molecule has 3 heteroatoms. The van der Waals surface area contributed by atoms with E-state index in [0.29, 0.717) is 0 Å². The molecule has 1 aromatic rings. The minimum absolute atomic E-state index is 0.701. The van der Waals surface area contributed by atoms with Crippen LogP contribution in [0.3, 0.4) is 0 Å². The highest BCUT2D eigenvalue weighted by Crippen LogP contribution is 2.21. The van der Waals surface area contributed by atoms with Crippen LogP contribution in [0, 0.1) is 0 Å². The van der Waals surface area contributed by atoms with Gasteiger partial charge in [-0.3, -0.25) is 0 Å². The summed E-state index contributed by atoms with van der Waals surface area (Å²) in [7, 11) is -2.52. The summed E-state index contributed by atoms with van der Waals surface area (Å²) in [6.45, 7) is 15.3. The Bertz CT molecular complexity index is 352. The van der Waals surface area contributed by atoms with E-state index in [4.69, 9.17) is 0 Å². The van der Waals surface area contributed by atoms with E-state index in [9.17, 15) is 0 Å². The lowest BCUT2D eigenvalue weighted by Crippen LogP contribution is -2.51. The molecule has 0 amide bonds. The summed E-state index contributed by atoms with van der Waals surface area (Å²) in [5.41, 5.74) is 0. The lowest BCUT2D eigenvalue weighted by molar-refractivity contribution is 1.02. The molecule has 0 spiro atoms. The quantitative estimate of drug-likeness (QED) is 0.688. The van der Waals surface area contributed by atoms with E-state index in [1.165, 1.54) is 12.5 Å². The zero-order valence-corrected chi connectivity index (χ0v) is 16.2. The lowest BCUT2D eigenvalue weighted by Gasteiger charge is -2.30. The van der Waals surface area contributed by atoms with Gasteiger partial charge in [0.15, 0.2) is 0 Å². The zero-order valence-electron chi connectivity index (χ0n) is 13.1. The van der Waals surface area contributed by atoms with Crippen LogP contribution in [0.1, 0.15) is 6.42 Å². The Morgan fingerprint density at radius 1 is 0.889 bits per heavy atom. The highest BCUT2D eigenvalue weighted by molar-refractivity contribution is 7.36. The molecule has 1 aromatic carbocycles. The molecule has 0 saturated heterocycles. The number of rotatable bonds is 6. The first-order valence-corrected chi connectivity index (χ1v) is 17.7. The minimum atomic E-state index is -0.986. The molecule has 0 aliphatic carbocycles. The maximum absolute atomic E-state index is 2.63. The van der Waals surface area contributed by atoms with Crippen molar-refractivity contribution in [2.45, 2.75) is 57.8 Å². The highest BCUT2D eigenvalue weighted by Gasteiger charge is 2.30. The lowest BCUT2D eigenvalue weighted by atomic mass is 10.4. The Kier molecular flexibility index (Phi) is 5.62. The van der Waals surface area contributed by atoms with Crippen molar-refractivity contribution < 1.29 is 0 Å². The molecule has 1 unspecified atom stereocenters. The average molecular weight is 295 g/mol. The summed E-state index contributed by atoms with van der Waals surface area (Å²) in [4.78, 5) is 0. The SMILES string of the molecule is C[SiH](c1ccccc1)[Si](C)(C)CCC[Si](C)(C)C. The van der Waals surface area contributed by atoms with Crippen molar-refractivity contribution in [2.24, 2.45) is 0 Å². The van der Waals surface area contributed by atoms with Gasteiger partial charge in [-0.1, -0.05) is 93.3 Å². The summed E-state index contributed by atoms with van der Waals surface area (Å²) in [5, 5.41) is 1.68. The normalized spacial score (nSPS) is 14.6. The van der Waals surface area contributed by atoms with Crippen LogP contribution in [-0.4, -0.2) is 24.0 Å². The summed E-state index contributed by atoms with van der Waals surface area (Å²) in [5.74, 6) is 0. The Morgan fingerprint density at radius 3 is 1.94 bits per heavy atom. The highest BCUT2D eigenvalue weighted by atomic mass is 29.2. The standard InChI is InChI=1S/C15H30Si3/c1-16(15-11-8-7-9-12-15)18(5,6)14-10-13-17(2,3)4/h7-9,11-12,16H,10,13-14H2,1-6H3. The van der Waals surface area contributed by atoms with Crippen LogP contribution in [0.15, 0.2) is 30.3 Å². The third kappa shape index (κ3) is 5.24. The third-order valence-corrected chi connectivity index (χ3v) is 20.3. The van der Waals surface area contributed by atoms with Gasteiger partial charge < -0.3 is 0 Å². The second kappa shape index (κ2) is 6.35. The van der Waals surface area contributed by atoms with E-state index < -0.39 is 24.0 Å². The summed E-state index contributed by atoms with van der Waals surface area (Å²) in [6.07, 6.45) is 1.49. The van der Waals surface area contributed by atoms with E-state index in [-0.39, 0.29) is 0 Å². The molecular formula is C15H30Si3. The first-order chi connectivity index (χ1) is 8.22. The molecule has 1 atom stereocenters.